The van der Waals surface area contributed by atoms with E-state index < -0.39 is 0 Å². The first-order chi connectivity index (χ1) is 6.29. The molecule has 1 aliphatic rings. The monoisotopic (exact) mass is 180 g/mol. The van der Waals surface area contributed by atoms with Gasteiger partial charge in [0, 0.05) is 24.9 Å². The second-order valence-corrected chi connectivity index (χ2v) is 3.84. The molecule has 1 aliphatic carbocycles. The highest BCUT2D eigenvalue weighted by Crippen LogP contribution is 2.32. The molecule has 3 nitrogen and oxygen atoms in total. The third kappa shape index (κ3) is 1.61. The highest BCUT2D eigenvalue weighted by atomic mass is 16.3. The fourth-order valence-corrected chi connectivity index (χ4v) is 2.20. The van der Waals surface area contributed by atoms with Gasteiger partial charge in [0.1, 0.15) is 0 Å². The molecule has 0 aromatic carbocycles. The summed E-state index contributed by atoms with van der Waals surface area (Å²) >= 11 is 0. The summed E-state index contributed by atoms with van der Waals surface area (Å²) in [5.74, 6) is 0.307. The average molecular weight is 180 g/mol. The van der Waals surface area contributed by atoms with E-state index in [0.29, 0.717) is 5.92 Å². The van der Waals surface area contributed by atoms with Gasteiger partial charge in [-0.25, -0.2) is 0 Å². The van der Waals surface area contributed by atoms with Crippen molar-refractivity contribution in [1.29, 1.82) is 0 Å². The van der Waals surface area contributed by atoms with Crippen LogP contribution in [0.5, 0.6) is 0 Å². The molecule has 1 aromatic rings. The number of nitrogens with zero attached hydrogens (tertiary/aromatic N) is 2. The second-order valence-electron chi connectivity index (χ2n) is 3.84. The predicted molar refractivity (Wildman–Crippen MR) is 50.4 cm³/mol. The van der Waals surface area contributed by atoms with Crippen molar-refractivity contribution in [2.75, 3.05) is 0 Å². The van der Waals surface area contributed by atoms with Gasteiger partial charge < -0.3 is 5.11 Å². The molecule has 0 aliphatic heterocycles. The molecular formula is C10H16N2O. The molecule has 0 saturated heterocycles. The molecule has 1 heterocycles. The van der Waals surface area contributed by atoms with Gasteiger partial charge in [-0.3, -0.25) is 4.68 Å². The van der Waals surface area contributed by atoms with Crippen molar-refractivity contribution in [2.24, 2.45) is 7.05 Å². The van der Waals surface area contributed by atoms with Crippen LogP contribution in [0.25, 0.3) is 0 Å². The third-order valence-corrected chi connectivity index (χ3v) is 2.97. The van der Waals surface area contributed by atoms with Crippen molar-refractivity contribution in [3.05, 3.63) is 18.0 Å². The van der Waals surface area contributed by atoms with Crippen molar-refractivity contribution in [3.8, 4) is 0 Å². The van der Waals surface area contributed by atoms with Crippen molar-refractivity contribution in [2.45, 2.75) is 37.7 Å². The fraction of sp³-hybridized carbons (Fsp3) is 0.700. The number of aliphatic hydroxyl groups is 1. The van der Waals surface area contributed by atoms with Gasteiger partial charge in [-0.2, -0.15) is 5.10 Å². The van der Waals surface area contributed by atoms with Crippen LogP contribution in [0.4, 0.5) is 0 Å². The van der Waals surface area contributed by atoms with Crippen LogP contribution in [0, 0.1) is 0 Å². The van der Waals surface area contributed by atoms with E-state index >= 15 is 0 Å². The van der Waals surface area contributed by atoms with Gasteiger partial charge in [0.25, 0.3) is 0 Å². The summed E-state index contributed by atoms with van der Waals surface area (Å²) in [6.07, 6.45) is 6.07. The van der Waals surface area contributed by atoms with Gasteiger partial charge in [-0.15, -0.1) is 0 Å². The van der Waals surface area contributed by atoms with E-state index in [4.69, 9.17) is 0 Å². The number of rotatable bonds is 1. The third-order valence-electron chi connectivity index (χ3n) is 2.97. The summed E-state index contributed by atoms with van der Waals surface area (Å²) in [5.41, 5.74) is 1.17. The maximum atomic E-state index is 9.82. The summed E-state index contributed by atoms with van der Waals surface area (Å²) in [4.78, 5) is 0. The zero-order valence-electron chi connectivity index (χ0n) is 7.98. The molecule has 0 unspecified atom stereocenters. The van der Waals surface area contributed by atoms with Gasteiger partial charge in [-0.05, 0) is 18.9 Å². The Hall–Kier alpha value is -0.830. The summed E-state index contributed by atoms with van der Waals surface area (Å²) < 4.78 is 1.87. The van der Waals surface area contributed by atoms with Crippen molar-refractivity contribution >= 4 is 0 Å². The molecule has 72 valence electrons. The number of aryl methyl sites for hydroxylation is 1. The zero-order chi connectivity index (χ0) is 9.26. The molecule has 0 bridgehead atoms. The van der Waals surface area contributed by atoms with Crippen molar-refractivity contribution in [1.82, 2.24) is 9.78 Å². The number of hydrogen-bond donors (Lipinski definition) is 1. The Bertz CT molecular complexity index is 282. The van der Waals surface area contributed by atoms with E-state index in [1.807, 2.05) is 17.8 Å². The van der Waals surface area contributed by atoms with Crippen molar-refractivity contribution < 1.29 is 5.11 Å². The maximum absolute atomic E-state index is 9.82. The maximum Gasteiger partial charge on any atom is 0.0623 e. The van der Waals surface area contributed by atoms with Gasteiger partial charge in [0.05, 0.1) is 6.10 Å². The topological polar surface area (TPSA) is 38.0 Å². The van der Waals surface area contributed by atoms with E-state index in [1.54, 1.807) is 6.20 Å². The van der Waals surface area contributed by atoms with E-state index in [-0.39, 0.29) is 6.10 Å². The normalized spacial score (nSPS) is 29.1. The van der Waals surface area contributed by atoms with Gasteiger partial charge in [-0.1, -0.05) is 12.8 Å². The number of aliphatic hydroxyl groups excluding tert-OH is 1. The minimum absolute atomic E-state index is 0.163. The molecule has 2 atom stereocenters. The molecule has 1 saturated carbocycles. The van der Waals surface area contributed by atoms with Gasteiger partial charge in [0.15, 0.2) is 0 Å². The van der Waals surface area contributed by atoms with E-state index in [2.05, 4.69) is 5.10 Å². The van der Waals surface area contributed by atoms with Crippen LogP contribution >= 0.6 is 0 Å². The lowest BCUT2D eigenvalue weighted by Crippen LogP contribution is -2.24. The lowest BCUT2D eigenvalue weighted by molar-refractivity contribution is 0.103. The first-order valence-corrected chi connectivity index (χ1v) is 4.95. The van der Waals surface area contributed by atoms with Crippen LogP contribution in [0.3, 0.4) is 0 Å². The smallest absolute Gasteiger partial charge is 0.0623 e. The Morgan fingerprint density at radius 3 is 2.85 bits per heavy atom. The minimum atomic E-state index is -0.163. The Labute approximate surface area is 78.4 Å². The van der Waals surface area contributed by atoms with E-state index in [1.165, 1.54) is 12.1 Å². The van der Waals surface area contributed by atoms with Gasteiger partial charge >= 0.3 is 0 Å². The largest absolute Gasteiger partial charge is 0.392 e. The van der Waals surface area contributed by atoms with Gasteiger partial charge in [0.2, 0.25) is 0 Å². The SMILES string of the molecule is Cn1nccc1[C@H]1CCCC[C@H]1O. The minimum Gasteiger partial charge on any atom is -0.392 e. The summed E-state index contributed by atoms with van der Waals surface area (Å²) in [6, 6.07) is 2.01. The molecule has 3 heteroatoms. The molecule has 1 N–H and O–H groups in total. The first-order valence-electron chi connectivity index (χ1n) is 4.95. The van der Waals surface area contributed by atoms with Crippen LogP contribution in [0.1, 0.15) is 37.3 Å². The van der Waals surface area contributed by atoms with Crippen LogP contribution < -0.4 is 0 Å². The molecule has 0 radical (unpaired) electrons. The lowest BCUT2D eigenvalue weighted by Gasteiger charge is -2.27. The van der Waals surface area contributed by atoms with Crippen LogP contribution in [0.15, 0.2) is 12.3 Å². The highest BCUT2D eigenvalue weighted by molar-refractivity contribution is 5.10. The van der Waals surface area contributed by atoms with Crippen LogP contribution in [-0.2, 0) is 7.05 Å². The standard InChI is InChI=1S/C10H16N2O/c1-12-9(6-7-11-12)8-4-2-3-5-10(8)13/h6-8,10,13H,2-5H2,1H3/t8-,10-/m1/s1. The van der Waals surface area contributed by atoms with Crippen LogP contribution in [0.2, 0.25) is 0 Å². The number of aromatic nitrogens is 2. The Kier molecular flexibility index (Phi) is 2.36. The Morgan fingerprint density at radius 2 is 2.23 bits per heavy atom. The van der Waals surface area contributed by atoms with Crippen LogP contribution in [-0.4, -0.2) is 21.0 Å². The molecular weight excluding hydrogens is 164 g/mol. The first kappa shape index (κ1) is 8.75. The van der Waals surface area contributed by atoms with E-state index in [9.17, 15) is 5.11 Å². The van der Waals surface area contributed by atoms with Crippen molar-refractivity contribution in [3.63, 3.8) is 0 Å². The predicted octanol–water partition coefficient (Wildman–Crippen LogP) is 1.44. The molecule has 2 rings (SSSR count). The zero-order valence-corrected chi connectivity index (χ0v) is 7.98. The average Bonchev–Trinajstić information content (AvgIpc) is 2.52. The summed E-state index contributed by atoms with van der Waals surface area (Å²) in [5, 5.41) is 14.0. The second kappa shape index (κ2) is 3.50. The Balaban J connectivity index is 2.19. The fourth-order valence-electron chi connectivity index (χ4n) is 2.20. The summed E-state index contributed by atoms with van der Waals surface area (Å²) in [7, 11) is 1.94. The quantitative estimate of drug-likeness (QED) is 0.710. The number of hydrogen-bond acceptors (Lipinski definition) is 2. The Morgan fingerprint density at radius 1 is 1.46 bits per heavy atom. The highest BCUT2D eigenvalue weighted by Gasteiger charge is 2.26. The molecule has 1 fully saturated rings. The summed E-state index contributed by atoms with van der Waals surface area (Å²) in [6.45, 7) is 0. The molecule has 1 aromatic heterocycles. The lowest BCUT2D eigenvalue weighted by atomic mass is 9.84. The molecule has 0 amide bonds. The molecule has 0 spiro atoms. The van der Waals surface area contributed by atoms with E-state index in [0.717, 1.165) is 19.3 Å². The molecule has 13 heavy (non-hydrogen) atoms.